The van der Waals surface area contributed by atoms with Crippen LogP contribution in [0.2, 0.25) is 0 Å². The molecule has 0 aliphatic heterocycles. The molecular formula is C30H52O3. The summed E-state index contributed by atoms with van der Waals surface area (Å²) >= 11 is 0. The predicted octanol–water partition coefficient (Wildman–Crippen LogP) is 6.50. The molecular weight excluding hydrogens is 408 g/mol. The molecule has 0 saturated heterocycles. The van der Waals surface area contributed by atoms with Gasteiger partial charge in [0.2, 0.25) is 0 Å². The minimum Gasteiger partial charge on any atom is -0.393 e. The highest BCUT2D eigenvalue weighted by Gasteiger charge is 2.70. The van der Waals surface area contributed by atoms with Crippen molar-refractivity contribution in [2.45, 2.75) is 131 Å². The van der Waals surface area contributed by atoms with Crippen LogP contribution in [0.5, 0.6) is 0 Å². The Hall–Kier alpha value is -0.380. The molecule has 0 unspecified atom stereocenters. The third kappa shape index (κ3) is 3.78. The van der Waals surface area contributed by atoms with Gasteiger partial charge in [0.15, 0.2) is 0 Å². The lowest BCUT2D eigenvalue weighted by Gasteiger charge is -2.70. The van der Waals surface area contributed by atoms with Crippen LogP contribution >= 0.6 is 0 Å². The Bertz CT molecular complexity index is 778. The molecule has 190 valence electrons. The number of rotatable bonds is 4. The Balaban J connectivity index is 1.64. The van der Waals surface area contributed by atoms with Gasteiger partial charge < -0.3 is 15.3 Å². The normalized spacial score (nSPS) is 49.8. The van der Waals surface area contributed by atoms with Gasteiger partial charge in [-0.25, -0.2) is 0 Å². The van der Waals surface area contributed by atoms with E-state index in [1.54, 1.807) is 0 Å². The van der Waals surface area contributed by atoms with Gasteiger partial charge >= 0.3 is 0 Å². The smallest absolute Gasteiger partial charge is 0.0594 e. The molecule has 0 amide bonds. The van der Waals surface area contributed by atoms with E-state index in [9.17, 15) is 15.3 Å². The van der Waals surface area contributed by atoms with E-state index in [0.717, 1.165) is 32.1 Å². The maximum Gasteiger partial charge on any atom is 0.0594 e. The van der Waals surface area contributed by atoms with Crippen LogP contribution in [0.1, 0.15) is 113 Å². The fourth-order valence-electron chi connectivity index (χ4n) is 10.1. The first kappa shape index (κ1) is 25.7. The average Bonchev–Trinajstić information content (AvgIpc) is 3.06. The SMILES string of the molecule is C/C(=C\CCC(C)(C)O)[C@H]1CC[C@]2(C)[C@@H]1[C@H](O)C[C@@H]1[C@@]3(C)CC[C@H](O)C(C)(C)[C@@H]3CC[C@]12C. The number of hydrogen-bond acceptors (Lipinski definition) is 3. The van der Waals surface area contributed by atoms with Crippen LogP contribution in [-0.4, -0.2) is 33.1 Å². The van der Waals surface area contributed by atoms with Crippen LogP contribution in [0.25, 0.3) is 0 Å². The first-order valence-electron chi connectivity index (χ1n) is 13.8. The highest BCUT2D eigenvalue weighted by Crippen LogP contribution is 2.75. The monoisotopic (exact) mass is 460 g/mol. The molecule has 0 aromatic carbocycles. The summed E-state index contributed by atoms with van der Waals surface area (Å²) < 4.78 is 0. The van der Waals surface area contributed by atoms with E-state index in [4.69, 9.17) is 0 Å². The summed E-state index contributed by atoms with van der Waals surface area (Å²) in [4.78, 5) is 0. The summed E-state index contributed by atoms with van der Waals surface area (Å²) in [5.41, 5.74) is 1.34. The molecule has 0 bridgehead atoms. The van der Waals surface area contributed by atoms with Crippen LogP contribution in [-0.2, 0) is 0 Å². The van der Waals surface area contributed by atoms with Gasteiger partial charge in [0.25, 0.3) is 0 Å². The van der Waals surface area contributed by atoms with Crippen molar-refractivity contribution >= 4 is 0 Å². The molecule has 4 aliphatic carbocycles. The standard InChI is InChI=1S/C30H52O3/c1-19(10-9-14-26(2,3)33)20-11-16-30(8)25(20)21(31)18-23-28(6)15-13-24(32)27(4,5)22(28)12-17-29(23,30)7/h10,20-25,31-33H,9,11-18H2,1-8H3/b19-10+/t20-,21-,22+,23-,24+,25+,28+,29-,30-/m1/s1. The maximum atomic E-state index is 11.7. The van der Waals surface area contributed by atoms with Gasteiger partial charge in [-0.15, -0.1) is 0 Å². The molecule has 0 aromatic heterocycles. The van der Waals surface area contributed by atoms with E-state index in [-0.39, 0.29) is 33.9 Å². The average molecular weight is 461 g/mol. The van der Waals surface area contributed by atoms with Gasteiger partial charge in [-0.05, 0) is 124 Å². The maximum absolute atomic E-state index is 11.7. The van der Waals surface area contributed by atoms with Gasteiger partial charge in [0, 0.05) is 0 Å². The zero-order chi connectivity index (χ0) is 24.6. The summed E-state index contributed by atoms with van der Waals surface area (Å²) in [6.45, 7) is 18.2. The minimum absolute atomic E-state index is 0.0466. The molecule has 9 atom stereocenters. The molecule has 0 radical (unpaired) electrons. The predicted molar refractivity (Wildman–Crippen MR) is 136 cm³/mol. The van der Waals surface area contributed by atoms with Crippen molar-refractivity contribution in [3.05, 3.63) is 11.6 Å². The largest absolute Gasteiger partial charge is 0.393 e. The van der Waals surface area contributed by atoms with Crippen LogP contribution < -0.4 is 0 Å². The topological polar surface area (TPSA) is 60.7 Å². The van der Waals surface area contributed by atoms with Gasteiger partial charge in [-0.3, -0.25) is 0 Å². The number of hydrogen-bond donors (Lipinski definition) is 3. The van der Waals surface area contributed by atoms with Crippen molar-refractivity contribution < 1.29 is 15.3 Å². The summed E-state index contributed by atoms with van der Waals surface area (Å²) in [5.74, 6) is 1.84. The molecule has 4 saturated carbocycles. The first-order chi connectivity index (χ1) is 15.1. The molecule has 0 aromatic rings. The summed E-state index contributed by atoms with van der Waals surface area (Å²) in [5, 5.41) is 32.7. The molecule has 4 rings (SSSR count). The minimum atomic E-state index is -0.624. The Kier molecular flexibility index (Phi) is 6.28. The fraction of sp³-hybridized carbons (Fsp3) is 0.933. The van der Waals surface area contributed by atoms with Crippen molar-refractivity contribution in [2.24, 2.45) is 45.3 Å². The van der Waals surface area contributed by atoms with Crippen LogP contribution in [0.15, 0.2) is 11.6 Å². The fourth-order valence-corrected chi connectivity index (χ4v) is 10.1. The van der Waals surface area contributed by atoms with Crippen molar-refractivity contribution in [1.82, 2.24) is 0 Å². The van der Waals surface area contributed by atoms with Crippen molar-refractivity contribution in [3.63, 3.8) is 0 Å². The molecule has 3 heteroatoms. The Morgan fingerprint density at radius 2 is 1.55 bits per heavy atom. The first-order valence-corrected chi connectivity index (χ1v) is 13.8. The summed E-state index contributed by atoms with van der Waals surface area (Å²) in [7, 11) is 0. The molecule has 3 nitrogen and oxygen atoms in total. The van der Waals surface area contributed by atoms with Gasteiger partial charge in [0.05, 0.1) is 17.8 Å². The highest BCUT2D eigenvalue weighted by molar-refractivity contribution is 5.22. The molecule has 33 heavy (non-hydrogen) atoms. The van der Waals surface area contributed by atoms with Crippen molar-refractivity contribution in [3.8, 4) is 0 Å². The zero-order valence-corrected chi connectivity index (χ0v) is 22.7. The quantitative estimate of drug-likeness (QED) is 0.420. The summed E-state index contributed by atoms with van der Waals surface area (Å²) in [6, 6.07) is 0. The van der Waals surface area contributed by atoms with E-state index in [2.05, 4.69) is 47.6 Å². The Labute approximate surface area is 203 Å². The molecule has 3 N–H and O–H groups in total. The Morgan fingerprint density at radius 3 is 2.18 bits per heavy atom. The lowest BCUT2D eigenvalue weighted by molar-refractivity contribution is -0.240. The lowest BCUT2D eigenvalue weighted by Crippen LogP contribution is -2.66. The van der Waals surface area contributed by atoms with E-state index in [0.29, 0.717) is 23.7 Å². The zero-order valence-electron chi connectivity index (χ0n) is 22.7. The number of allylic oxidation sites excluding steroid dienone is 2. The number of aliphatic hydroxyl groups is 3. The molecule has 0 spiro atoms. The Morgan fingerprint density at radius 1 is 0.909 bits per heavy atom. The van der Waals surface area contributed by atoms with E-state index in [1.165, 1.54) is 31.3 Å². The molecule has 4 fully saturated rings. The van der Waals surface area contributed by atoms with Crippen LogP contribution in [0.4, 0.5) is 0 Å². The highest BCUT2D eigenvalue weighted by atomic mass is 16.3. The molecule has 4 aliphatic rings. The number of fused-ring (bicyclic) bond motifs is 5. The van der Waals surface area contributed by atoms with E-state index < -0.39 is 5.60 Å². The molecule has 0 heterocycles. The second-order valence-electron chi connectivity index (χ2n) is 14.6. The third-order valence-electron chi connectivity index (χ3n) is 12.2. The van der Waals surface area contributed by atoms with Crippen molar-refractivity contribution in [1.29, 1.82) is 0 Å². The summed E-state index contributed by atoms with van der Waals surface area (Å²) in [6.07, 6.45) is 11.3. The van der Waals surface area contributed by atoms with E-state index in [1.807, 2.05) is 13.8 Å². The second-order valence-corrected chi connectivity index (χ2v) is 14.6. The van der Waals surface area contributed by atoms with Gasteiger partial charge in [-0.2, -0.15) is 0 Å². The lowest BCUT2D eigenvalue weighted by atomic mass is 9.35. The van der Waals surface area contributed by atoms with Gasteiger partial charge in [-0.1, -0.05) is 46.3 Å². The number of aliphatic hydroxyl groups excluding tert-OH is 2. The van der Waals surface area contributed by atoms with Crippen LogP contribution in [0.3, 0.4) is 0 Å². The van der Waals surface area contributed by atoms with Gasteiger partial charge in [0.1, 0.15) is 0 Å². The van der Waals surface area contributed by atoms with Crippen molar-refractivity contribution in [2.75, 3.05) is 0 Å². The second kappa shape index (κ2) is 8.07. The van der Waals surface area contributed by atoms with Crippen LogP contribution in [0, 0.1) is 45.3 Å². The van der Waals surface area contributed by atoms with E-state index >= 15 is 0 Å². The third-order valence-corrected chi connectivity index (χ3v) is 12.2.